The molecule has 0 aliphatic carbocycles. The van der Waals surface area contributed by atoms with E-state index in [4.69, 9.17) is 20.8 Å². The Hall–Kier alpha value is -1.68. The minimum absolute atomic E-state index is 0.00687. The minimum atomic E-state index is -0.597. The fraction of sp³-hybridized carbons (Fsp3) is 0.182. The van der Waals surface area contributed by atoms with Crippen LogP contribution in [-0.4, -0.2) is 20.2 Å². The molecule has 0 saturated heterocycles. The van der Waals surface area contributed by atoms with Gasteiger partial charge in [0.25, 0.3) is 0 Å². The van der Waals surface area contributed by atoms with E-state index in [0.29, 0.717) is 16.7 Å². The Kier molecular flexibility index (Phi) is 2.75. The van der Waals surface area contributed by atoms with E-state index in [2.05, 4.69) is 4.74 Å². The molecule has 4 nitrogen and oxygen atoms in total. The highest BCUT2D eigenvalue weighted by Crippen LogP contribution is 2.33. The van der Waals surface area contributed by atoms with E-state index in [1.165, 1.54) is 7.11 Å². The number of carbonyl (C=O) groups is 1. The molecule has 5 heteroatoms. The normalized spacial score (nSPS) is 10.4. The van der Waals surface area contributed by atoms with Crippen LogP contribution in [0.5, 0.6) is 5.75 Å². The van der Waals surface area contributed by atoms with Gasteiger partial charge in [-0.25, -0.2) is 4.79 Å². The summed E-state index contributed by atoms with van der Waals surface area (Å²) in [5, 5.41) is 0.910. The van der Waals surface area contributed by atoms with E-state index in [9.17, 15) is 4.79 Å². The van der Waals surface area contributed by atoms with Gasteiger partial charge in [-0.1, -0.05) is 11.6 Å². The number of esters is 1. The average molecular weight is 241 g/mol. The zero-order valence-corrected chi connectivity index (χ0v) is 9.50. The summed E-state index contributed by atoms with van der Waals surface area (Å²) in [5.74, 6) is 0.0434. The first kappa shape index (κ1) is 10.8. The molecule has 1 heterocycles. The molecule has 0 radical (unpaired) electrons. The van der Waals surface area contributed by atoms with Crippen molar-refractivity contribution in [3.8, 4) is 5.75 Å². The number of hydrogen-bond donors (Lipinski definition) is 0. The number of ether oxygens (including phenoxy) is 2. The molecule has 1 aromatic heterocycles. The summed E-state index contributed by atoms with van der Waals surface area (Å²) in [6.45, 7) is 0. The molecule has 0 atom stereocenters. The van der Waals surface area contributed by atoms with Crippen molar-refractivity contribution in [2.45, 2.75) is 0 Å². The van der Waals surface area contributed by atoms with Gasteiger partial charge >= 0.3 is 5.97 Å². The van der Waals surface area contributed by atoms with Crippen LogP contribution in [0.1, 0.15) is 10.6 Å². The highest BCUT2D eigenvalue weighted by molar-refractivity contribution is 6.38. The minimum Gasteiger partial charge on any atom is -0.497 e. The molecule has 16 heavy (non-hydrogen) atoms. The van der Waals surface area contributed by atoms with Crippen molar-refractivity contribution in [2.75, 3.05) is 14.2 Å². The molecule has 0 saturated carbocycles. The second-order valence-corrected chi connectivity index (χ2v) is 3.48. The second kappa shape index (κ2) is 4.06. The largest absolute Gasteiger partial charge is 0.497 e. The van der Waals surface area contributed by atoms with Gasteiger partial charge in [-0.05, 0) is 12.1 Å². The highest BCUT2D eigenvalue weighted by atomic mass is 35.5. The smallest absolute Gasteiger partial charge is 0.375 e. The standard InChI is InChI=1S/C11H9ClO4/c1-14-6-3-4-7-8(5-6)16-10(9(7)12)11(13)15-2/h3-5H,1-2H3. The predicted molar refractivity (Wildman–Crippen MR) is 59.1 cm³/mol. The first-order chi connectivity index (χ1) is 7.67. The molecule has 0 unspecified atom stereocenters. The number of fused-ring (bicyclic) bond motifs is 1. The summed E-state index contributed by atoms with van der Waals surface area (Å²) in [4.78, 5) is 11.3. The number of halogens is 1. The van der Waals surface area contributed by atoms with Crippen LogP contribution in [-0.2, 0) is 4.74 Å². The third-order valence-electron chi connectivity index (χ3n) is 2.21. The molecule has 0 fully saturated rings. The Balaban J connectivity index is 2.63. The van der Waals surface area contributed by atoms with Crippen LogP contribution >= 0.6 is 11.6 Å². The second-order valence-electron chi connectivity index (χ2n) is 3.10. The molecule has 0 aliphatic heterocycles. The van der Waals surface area contributed by atoms with Crippen LogP contribution in [0.2, 0.25) is 5.02 Å². The number of carbonyl (C=O) groups excluding carboxylic acids is 1. The van der Waals surface area contributed by atoms with E-state index >= 15 is 0 Å². The zero-order valence-electron chi connectivity index (χ0n) is 8.74. The number of furan rings is 1. The van der Waals surface area contributed by atoms with Gasteiger partial charge in [-0.2, -0.15) is 0 Å². The summed E-state index contributed by atoms with van der Waals surface area (Å²) in [6.07, 6.45) is 0. The van der Waals surface area contributed by atoms with Gasteiger partial charge in [-0.15, -0.1) is 0 Å². The molecule has 2 aromatic rings. The Morgan fingerprint density at radius 1 is 1.38 bits per heavy atom. The van der Waals surface area contributed by atoms with Crippen LogP contribution in [0.15, 0.2) is 22.6 Å². The zero-order chi connectivity index (χ0) is 11.7. The quantitative estimate of drug-likeness (QED) is 0.758. The van der Waals surface area contributed by atoms with Gasteiger partial charge < -0.3 is 13.9 Å². The Bertz CT molecular complexity index is 544. The highest BCUT2D eigenvalue weighted by Gasteiger charge is 2.19. The number of hydrogen-bond acceptors (Lipinski definition) is 4. The molecular formula is C11H9ClO4. The molecule has 0 bridgehead atoms. The summed E-state index contributed by atoms with van der Waals surface area (Å²) in [7, 11) is 2.82. The van der Waals surface area contributed by atoms with Gasteiger partial charge in [0.15, 0.2) is 0 Å². The molecule has 0 aliphatic rings. The van der Waals surface area contributed by atoms with E-state index < -0.39 is 5.97 Å². The third-order valence-corrected chi connectivity index (χ3v) is 2.58. The Morgan fingerprint density at radius 3 is 2.75 bits per heavy atom. The lowest BCUT2D eigenvalue weighted by atomic mass is 10.2. The molecule has 1 aromatic carbocycles. The van der Waals surface area contributed by atoms with Gasteiger partial charge in [0.1, 0.15) is 16.4 Å². The van der Waals surface area contributed by atoms with Crippen molar-refractivity contribution < 1.29 is 18.7 Å². The van der Waals surface area contributed by atoms with Crippen LogP contribution < -0.4 is 4.74 Å². The van der Waals surface area contributed by atoms with Gasteiger partial charge in [-0.3, -0.25) is 0 Å². The van der Waals surface area contributed by atoms with Crippen molar-refractivity contribution >= 4 is 28.5 Å². The topological polar surface area (TPSA) is 48.7 Å². The summed E-state index contributed by atoms with van der Waals surface area (Å²) in [6, 6.07) is 5.13. The van der Waals surface area contributed by atoms with E-state index in [1.54, 1.807) is 25.3 Å². The van der Waals surface area contributed by atoms with E-state index in [1.807, 2.05) is 0 Å². The first-order valence-electron chi connectivity index (χ1n) is 4.51. The van der Waals surface area contributed by atoms with Crippen molar-refractivity contribution in [2.24, 2.45) is 0 Å². The Morgan fingerprint density at radius 2 is 2.12 bits per heavy atom. The maximum atomic E-state index is 11.3. The van der Waals surface area contributed by atoms with Crippen molar-refractivity contribution in [3.63, 3.8) is 0 Å². The van der Waals surface area contributed by atoms with Gasteiger partial charge in [0.2, 0.25) is 5.76 Å². The fourth-order valence-electron chi connectivity index (χ4n) is 1.40. The van der Waals surface area contributed by atoms with Crippen molar-refractivity contribution in [1.82, 2.24) is 0 Å². The third kappa shape index (κ3) is 1.61. The maximum Gasteiger partial charge on any atom is 0.375 e. The van der Waals surface area contributed by atoms with Crippen LogP contribution in [0, 0.1) is 0 Å². The van der Waals surface area contributed by atoms with Gasteiger partial charge in [0.05, 0.1) is 14.2 Å². The van der Waals surface area contributed by atoms with Crippen LogP contribution in [0.25, 0.3) is 11.0 Å². The lowest BCUT2D eigenvalue weighted by Gasteiger charge is -1.96. The van der Waals surface area contributed by atoms with Crippen molar-refractivity contribution in [1.29, 1.82) is 0 Å². The lowest BCUT2D eigenvalue weighted by molar-refractivity contribution is 0.0568. The van der Waals surface area contributed by atoms with Crippen LogP contribution in [0.4, 0.5) is 0 Å². The maximum absolute atomic E-state index is 11.3. The monoisotopic (exact) mass is 240 g/mol. The van der Waals surface area contributed by atoms with Crippen molar-refractivity contribution in [3.05, 3.63) is 29.0 Å². The molecule has 2 rings (SSSR count). The SMILES string of the molecule is COC(=O)c1oc2cc(OC)ccc2c1Cl. The molecular weight excluding hydrogens is 232 g/mol. The molecule has 0 spiro atoms. The molecule has 0 amide bonds. The predicted octanol–water partition coefficient (Wildman–Crippen LogP) is 2.88. The first-order valence-corrected chi connectivity index (χ1v) is 4.89. The van der Waals surface area contributed by atoms with E-state index in [-0.39, 0.29) is 10.8 Å². The molecule has 84 valence electrons. The van der Waals surface area contributed by atoms with Crippen LogP contribution in [0.3, 0.4) is 0 Å². The van der Waals surface area contributed by atoms with E-state index in [0.717, 1.165) is 0 Å². The molecule has 0 N–H and O–H groups in total. The summed E-state index contributed by atoms with van der Waals surface area (Å²) in [5.41, 5.74) is 0.491. The average Bonchev–Trinajstić information content (AvgIpc) is 2.65. The Labute approximate surface area is 96.7 Å². The van der Waals surface area contributed by atoms with Gasteiger partial charge in [0, 0.05) is 11.5 Å². The summed E-state index contributed by atoms with van der Waals surface area (Å²) < 4.78 is 14.9. The summed E-state index contributed by atoms with van der Waals surface area (Å²) >= 11 is 5.99. The number of benzene rings is 1. The fourth-order valence-corrected chi connectivity index (χ4v) is 1.67. The number of methoxy groups -OCH3 is 2. The number of rotatable bonds is 2. The lowest BCUT2D eigenvalue weighted by Crippen LogP contribution is -1.99.